The molecule has 0 fully saturated rings. The van der Waals surface area contributed by atoms with Crippen LogP contribution in [0, 0.1) is 0 Å². The topological polar surface area (TPSA) is 113 Å². The molecule has 1 aromatic heterocycles. The minimum absolute atomic E-state index is 0.0343. The van der Waals surface area contributed by atoms with Crippen LogP contribution in [0.3, 0.4) is 0 Å². The van der Waals surface area contributed by atoms with Gasteiger partial charge in [0.25, 0.3) is 11.8 Å². The Morgan fingerprint density at radius 1 is 1.09 bits per heavy atom. The molecule has 0 aliphatic rings. The molecule has 2 aromatic carbocycles. The molecule has 0 atom stereocenters. The van der Waals surface area contributed by atoms with Gasteiger partial charge in [-0.3, -0.25) is 14.3 Å². The number of carbonyl (C=O) groups excluding carboxylic acids is 2. The lowest BCUT2D eigenvalue weighted by Gasteiger charge is -2.18. The molecule has 0 aliphatic carbocycles. The van der Waals surface area contributed by atoms with Crippen LogP contribution in [-0.2, 0) is 23.6 Å². The highest BCUT2D eigenvalue weighted by atomic mass is 35.5. The number of nitrogens with one attached hydrogen (secondary N) is 2. The number of rotatable bonds is 7. The van der Waals surface area contributed by atoms with Crippen molar-refractivity contribution in [1.29, 1.82) is 0 Å². The predicted molar refractivity (Wildman–Crippen MR) is 121 cm³/mol. The van der Waals surface area contributed by atoms with Crippen molar-refractivity contribution in [2.24, 2.45) is 7.05 Å². The average Bonchev–Trinajstić information content (AvgIpc) is 3.13. The number of hydrogen-bond acceptors (Lipinski definition) is 5. The third kappa shape index (κ3) is 4.98. The van der Waals surface area contributed by atoms with Gasteiger partial charge in [0.1, 0.15) is 5.69 Å². The second kappa shape index (κ2) is 9.51. The van der Waals surface area contributed by atoms with Crippen molar-refractivity contribution in [3.05, 3.63) is 76.4 Å². The third-order valence-electron chi connectivity index (χ3n) is 4.72. The van der Waals surface area contributed by atoms with Gasteiger partial charge in [-0.2, -0.15) is 9.40 Å². The Labute approximate surface area is 191 Å². The second-order valence-electron chi connectivity index (χ2n) is 6.96. The Morgan fingerprint density at radius 2 is 1.78 bits per heavy atom. The summed E-state index contributed by atoms with van der Waals surface area (Å²) in [7, 11) is 0.624. The summed E-state index contributed by atoms with van der Waals surface area (Å²) < 4.78 is 28.6. The van der Waals surface area contributed by atoms with Crippen LogP contribution < -0.4 is 10.6 Å². The van der Waals surface area contributed by atoms with E-state index >= 15 is 0 Å². The number of aromatic nitrogens is 2. The van der Waals surface area contributed by atoms with Crippen LogP contribution in [0.1, 0.15) is 26.4 Å². The molecule has 0 unspecified atom stereocenters. The monoisotopic (exact) mass is 475 g/mol. The Morgan fingerprint density at radius 3 is 2.44 bits per heavy atom. The molecule has 3 rings (SSSR count). The van der Waals surface area contributed by atoms with Gasteiger partial charge in [0.05, 0.1) is 15.5 Å². The Balaban J connectivity index is 1.85. The first kappa shape index (κ1) is 23.5. The maximum atomic E-state index is 13.0. The van der Waals surface area contributed by atoms with Crippen molar-refractivity contribution >= 4 is 39.3 Å². The molecule has 1 heterocycles. The zero-order valence-electron chi connectivity index (χ0n) is 17.7. The van der Waals surface area contributed by atoms with E-state index < -0.39 is 15.9 Å². The van der Waals surface area contributed by atoms with E-state index in [0.29, 0.717) is 0 Å². The molecular weight excluding hydrogens is 454 g/mol. The lowest BCUT2D eigenvalue weighted by atomic mass is 10.2. The molecule has 0 bridgehead atoms. The molecule has 2 N–H and O–H groups in total. The molecule has 11 heteroatoms. The zero-order chi connectivity index (χ0) is 23.5. The van der Waals surface area contributed by atoms with E-state index in [1.807, 2.05) is 30.3 Å². The summed E-state index contributed by atoms with van der Waals surface area (Å²) in [6, 6.07) is 14.5. The van der Waals surface area contributed by atoms with E-state index in [-0.39, 0.29) is 39.4 Å². The summed E-state index contributed by atoms with van der Waals surface area (Å²) in [5.41, 5.74) is 1.04. The van der Waals surface area contributed by atoms with Crippen molar-refractivity contribution in [2.45, 2.75) is 11.4 Å². The van der Waals surface area contributed by atoms with Crippen LogP contribution in [0.25, 0.3) is 0 Å². The van der Waals surface area contributed by atoms with Gasteiger partial charge in [-0.25, -0.2) is 8.42 Å². The van der Waals surface area contributed by atoms with Gasteiger partial charge in [0, 0.05) is 33.8 Å². The molecule has 0 radical (unpaired) electrons. The average molecular weight is 476 g/mol. The number of halogens is 1. The fraction of sp³-hybridized carbons (Fsp3) is 0.190. The third-order valence-corrected chi connectivity index (χ3v) is 6.85. The van der Waals surface area contributed by atoms with E-state index in [0.717, 1.165) is 5.56 Å². The fourth-order valence-corrected chi connectivity index (χ4v) is 4.39. The number of hydrogen-bond donors (Lipinski definition) is 2. The fourth-order valence-electron chi connectivity index (χ4n) is 3.00. The first-order valence-electron chi connectivity index (χ1n) is 9.50. The van der Waals surface area contributed by atoms with E-state index in [4.69, 9.17) is 11.6 Å². The van der Waals surface area contributed by atoms with Crippen LogP contribution in [0.2, 0.25) is 5.02 Å². The van der Waals surface area contributed by atoms with Gasteiger partial charge in [-0.15, -0.1) is 0 Å². The number of amides is 2. The Bertz CT molecular complexity index is 1260. The van der Waals surface area contributed by atoms with E-state index in [1.54, 1.807) is 7.05 Å². The number of sulfonamides is 1. The maximum Gasteiger partial charge on any atom is 0.269 e. The lowest BCUT2D eigenvalue weighted by molar-refractivity contribution is 0.0952. The highest BCUT2D eigenvalue weighted by Gasteiger charge is 2.24. The Hall–Kier alpha value is -3.21. The van der Waals surface area contributed by atoms with Gasteiger partial charge in [-0.05, 0) is 23.8 Å². The van der Waals surface area contributed by atoms with Gasteiger partial charge < -0.3 is 10.6 Å². The van der Waals surface area contributed by atoms with Gasteiger partial charge in [0.15, 0.2) is 5.82 Å². The van der Waals surface area contributed by atoms with E-state index in [9.17, 15) is 18.0 Å². The molecule has 2 amide bonds. The second-order valence-corrected chi connectivity index (χ2v) is 9.41. The molecule has 0 spiro atoms. The van der Waals surface area contributed by atoms with Crippen molar-refractivity contribution in [3.8, 4) is 0 Å². The van der Waals surface area contributed by atoms with Crippen molar-refractivity contribution < 1.29 is 18.0 Å². The van der Waals surface area contributed by atoms with E-state index in [1.165, 1.54) is 47.3 Å². The zero-order valence-corrected chi connectivity index (χ0v) is 19.2. The number of aryl methyl sites for hydroxylation is 1. The minimum Gasteiger partial charge on any atom is -0.354 e. The molecule has 9 nitrogen and oxygen atoms in total. The largest absolute Gasteiger partial charge is 0.354 e. The van der Waals surface area contributed by atoms with Crippen molar-refractivity contribution in [1.82, 2.24) is 19.4 Å². The van der Waals surface area contributed by atoms with Crippen molar-refractivity contribution in [2.75, 3.05) is 19.4 Å². The SMILES string of the molecule is CNC(=O)c1cc(NC(=O)c2cc(S(=O)(=O)N(C)Cc3ccccc3)ccc2Cl)nn1C. The lowest BCUT2D eigenvalue weighted by Crippen LogP contribution is -2.27. The van der Waals surface area contributed by atoms with Crippen molar-refractivity contribution in [3.63, 3.8) is 0 Å². The number of benzene rings is 2. The van der Waals surface area contributed by atoms with Crippen LogP contribution in [0.15, 0.2) is 59.5 Å². The minimum atomic E-state index is -3.88. The smallest absolute Gasteiger partial charge is 0.269 e. The van der Waals surface area contributed by atoms with Gasteiger partial charge in [0.2, 0.25) is 10.0 Å². The van der Waals surface area contributed by atoms with Crippen LogP contribution in [0.5, 0.6) is 0 Å². The molecule has 0 saturated heterocycles. The van der Waals surface area contributed by atoms with E-state index in [2.05, 4.69) is 15.7 Å². The van der Waals surface area contributed by atoms with Crippen LogP contribution in [0.4, 0.5) is 5.82 Å². The molecule has 32 heavy (non-hydrogen) atoms. The quantitative estimate of drug-likeness (QED) is 0.545. The maximum absolute atomic E-state index is 13.0. The molecular formula is C21H22ClN5O4S. The first-order chi connectivity index (χ1) is 15.1. The summed E-state index contributed by atoms with van der Waals surface area (Å²) in [6.07, 6.45) is 0. The number of carbonyl (C=O) groups is 2. The number of nitrogens with zero attached hydrogens (tertiary/aromatic N) is 3. The summed E-state index contributed by atoms with van der Waals surface area (Å²) in [4.78, 5) is 24.5. The number of anilines is 1. The first-order valence-corrected chi connectivity index (χ1v) is 11.3. The molecule has 0 saturated carbocycles. The highest BCUT2D eigenvalue weighted by Crippen LogP contribution is 2.24. The summed E-state index contributed by atoms with van der Waals surface area (Å²) in [5, 5.41) is 9.17. The van der Waals surface area contributed by atoms with Gasteiger partial charge >= 0.3 is 0 Å². The van der Waals surface area contributed by atoms with Crippen LogP contribution in [-0.4, -0.2) is 48.4 Å². The summed E-state index contributed by atoms with van der Waals surface area (Å²) in [5.74, 6) is -0.894. The predicted octanol–water partition coefficient (Wildman–Crippen LogP) is 2.51. The molecule has 3 aromatic rings. The van der Waals surface area contributed by atoms with Gasteiger partial charge in [-0.1, -0.05) is 41.9 Å². The molecule has 0 aliphatic heterocycles. The Kier molecular flexibility index (Phi) is 6.97. The normalized spacial score (nSPS) is 11.4. The summed E-state index contributed by atoms with van der Waals surface area (Å²) in [6.45, 7) is 0.170. The van der Waals surface area contributed by atoms with Crippen LogP contribution >= 0.6 is 11.6 Å². The molecule has 168 valence electrons. The summed E-state index contributed by atoms with van der Waals surface area (Å²) >= 11 is 6.17. The highest BCUT2D eigenvalue weighted by molar-refractivity contribution is 7.89. The standard InChI is InChI=1S/C21H22ClN5O4S/c1-23-21(29)18-12-19(25-27(18)3)24-20(28)16-11-15(9-10-17(16)22)32(30,31)26(2)13-14-7-5-4-6-8-14/h4-12H,13H2,1-3H3,(H,23,29)(H,24,25,28).